The molecule has 0 bridgehead atoms. The molecule has 4 N–H and O–H groups in total. The maximum absolute atomic E-state index is 11.1. The minimum absolute atomic E-state index is 0.0435. The summed E-state index contributed by atoms with van der Waals surface area (Å²) in [4.78, 5) is 13.4. The van der Waals surface area contributed by atoms with Gasteiger partial charge in [0.1, 0.15) is 12.4 Å². The van der Waals surface area contributed by atoms with Crippen LogP contribution >= 0.6 is 0 Å². The van der Waals surface area contributed by atoms with E-state index in [0.29, 0.717) is 12.3 Å². The number of nitrogens with zero attached hydrogens (tertiary/aromatic N) is 1. The van der Waals surface area contributed by atoms with Gasteiger partial charge in [0.25, 0.3) is 0 Å². The third-order valence-corrected chi connectivity index (χ3v) is 3.57. The summed E-state index contributed by atoms with van der Waals surface area (Å²) in [5, 5.41) is 0. The summed E-state index contributed by atoms with van der Waals surface area (Å²) in [6, 6.07) is 7.49. The van der Waals surface area contributed by atoms with E-state index in [4.69, 9.17) is 16.2 Å². The number of rotatable bonds is 5. The van der Waals surface area contributed by atoms with Crippen molar-refractivity contribution in [1.82, 2.24) is 4.90 Å². The minimum Gasteiger partial charge on any atom is -0.490 e. The Labute approximate surface area is 113 Å². The van der Waals surface area contributed by atoms with Gasteiger partial charge in [-0.15, -0.1) is 0 Å². The van der Waals surface area contributed by atoms with Gasteiger partial charge in [-0.2, -0.15) is 0 Å². The van der Waals surface area contributed by atoms with E-state index in [2.05, 4.69) is 4.90 Å². The second-order valence-electron chi connectivity index (χ2n) is 4.90. The minimum atomic E-state index is -0.173. The third kappa shape index (κ3) is 3.86. The predicted octanol–water partition coefficient (Wildman–Crippen LogP) is 0.845. The van der Waals surface area contributed by atoms with Crippen molar-refractivity contribution < 1.29 is 9.53 Å². The number of nitrogen functional groups attached to an aromatic ring is 1. The Morgan fingerprint density at radius 1 is 1.32 bits per heavy atom. The zero-order valence-electron chi connectivity index (χ0n) is 11.0. The van der Waals surface area contributed by atoms with E-state index in [1.54, 1.807) is 0 Å². The summed E-state index contributed by atoms with van der Waals surface area (Å²) in [6.07, 6.45) is 1.70. The summed E-state index contributed by atoms with van der Waals surface area (Å²) in [7, 11) is 0. The number of nitrogens with two attached hydrogens (primary N) is 2. The molecule has 1 aromatic rings. The molecule has 104 valence electrons. The van der Waals surface area contributed by atoms with Gasteiger partial charge in [-0.05, 0) is 38.1 Å². The van der Waals surface area contributed by atoms with Crippen molar-refractivity contribution >= 4 is 11.6 Å². The fourth-order valence-electron chi connectivity index (χ4n) is 2.34. The van der Waals surface area contributed by atoms with Crippen molar-refractivity contribution in [3.63, 3.8) is 0 Å². The molecule has 1 saturated heterocycles. The Balaban J connectivity index is 1.70. The van der Waals surface area contributed by atoms with Crippen LogP contribution in [0.2, 0.25) is 0 Å². The number of ether oxygens (including phenoxy) is 1. The van der Waals surface area contributed by atoms with E-state index in [1.165, 1.54) is 0 Å². The van der Waals surface area contributed by atoms with Crippen LogP contribution in [0.3, 0.4) is 0 Å². The number of hydrogen-bond donors (Lipinski definition) is 2. The first-order chi connectivity index (χ1) is 9.16. The highest BCUT2D eigenvalue weighted by Crippen LogP contribution is 2.20. The molecule has 0 spiro atoms. The fraction of sp³-hybridized carbons (Fsp3) is 0.500. The van der Waals surface area contributed by atoms with E-state index in [-0.39, 0.29) is 11.8 Å². The number of likely N-dealkylation sites (tertiary alicyclic amines) is 1. The molecule has 1 aliphatic rings. The second-order valence-corrected chi connectivity index (χ2v) is 4.90. The first-order valence-corrected chi connectivity index (χ1v) is 6.66. The van der Waals surface area contributed by atoms with Crippen molar-refractivity contribution in [3.05, 3.63) is 24.3 Å². The zero-order chi connectivity index (χ0) is 13.7. The highest BCUT2D eigenvalue weighted by molar-refractivity contribution is 5.76. The molecule has 0 aliphatic carbocycles. The number of anilines is 1. The van der Waals surface area contributed by atoms with Crippen molar-refractivity contribution in [3.8, 4) is 5.75 Å². The van der Waals surface area contributed by atoms with Crippen LogP contribution < -0.4 is 16.2 Å². The van der Waals surface area contributed by atoms with Gasteiger partial charge in [-0.3, -0.25) is 9.69 Å². The Kier molecular flexibility index (Phi) is 4.63. The summed E-state index contributed by atoms with van der Waals surface area (Å²) in [6.45, 7) is 3.26. The maximum Gasteiger partial charge on any atom is 0.220 e. The lowest BCUT2D eigenvalue weighted by atomic mass is 9.96. The smallest absolute Gasteiger partial charge is 0.220 e. The molecule has 1 amide bonds. The Morgan fingerprint density at radius 3 is 2.63 bits per heavy atom. The molecule has 0 saturated carbocycles. The van der Waals surface area contributed by atoms with Crippen LogP contribution in [0, 0.1) is 5.92 Å². The average Bonchev–Trinajstić information content (AvgIpc) is 2.41. The molecule has 1 aromatic carbocycles. The molecule has 1 heterocycles. The van der Waals surface area contributed by atoms with Crippen molar-refractivity contribution in [2.75, 3.05) is 32.0 Å². The van der Waals surface area contributed by atoms with Gasteiger partial charge in [0.05, 0.1) is 5.69 Å². The molecule has 5 nitrogen and oxygen atoms in total. The number of carbonyl (C=O) groups is 1. The van der Waals surface area contributed by atoms with E-state index in [0.717, 1.165) is 38.2 Å². The van der Waals surface area contributed by atoms with Gasteiger partial charge in [0.2, 0.25) is 5.91 Å². The lowest BCUT2D eigenvalue weighted by Gasteiger charge is -2.30. The molecular formula is C14H21N3O2. The molecule has 1 aliphatic heterocycles. The van der Waals surface area contributed by atoms with Crippen LogP contribution in [0.1, 0.15) is 12.8 Å². The number of para-hydroxylation sites is 2. The first-order valence-electron chi connectivity index (χ1n) is 6.66. The van der Waals surface area contributed by atoms with Gasteiger partial charge in [-0.1, -0.05) is 12.1 Å². The Hall–Kier alpha value is -1.75. The van der Waals surface area contributed by atoms with Gasteiger partial charge in [-0.25, -0.2) is 0 Å². The molecule has 5 heteroatoms. The summed E-state index contributed by atoms with van der Waals surface area (Å²) >= 11 is 0. The van der Waals surface area contributed by atoms with Crippen LogP contribution in [-0.4, -0.2) is 37.0 Å². The number of piperidine rings is 1. The molecule has 1 fully saturated rings. The summed E-state index contributed by atoms with van der Waals surface area (Å²) in [5.74, 6) is 0.601. The monoisotopic (exact) mass is 263 g/mol. The molecule has 0 aromatic heterocycles. The average molecular weight is 263 g/mol. The number of carbonyl (C=O) groups excluding carboxylic acids is 1. The zero-order valence-corrected chi connectivity index (χ0v) is 11.0. The lowest BCUT2D eigenvalue weighted by Crippen LogP contribution is -2.40. The Bertz CT molecular complexity index is 428. The van der Waals surface area contributed by atoms with E-state index in [9.17, 15) is 4.79 Å². The van der Waals surface area contributed by atoms with Crippen LogP contribution in [0.4, 0.5) is 5.69 Å². The number of benzene rings is 1. The number of primary amides is 1. The lowest BCUT2D eigenvalue weighted by molar-refractivity contribution is -0.123. The second kappa shape index (κ2) is 6.43. The third-order valence-electron chi connectivity index (χ3n) is 3.57. The highest BCUT2D eigenvalue weighted by atomic mass is 16.5. The SMILES string of the molecule is NC(=O)C1CCN(CCOc2ccccc2N)CC1. The number of hydrogen-bond acceptors (Lipinski definition) is 4. The molecule has 2 rings (SSSR count). The van der Waals surface area contributed by atoms with Crippen molar-refractivity contribution in [2.45, 2.75) is 12.8 Å². The molecule has 0 unspecified atom stereocenters. The van der Waals surface area contributed by atoms with Gasteiger partial charge < -0.3 is 16.2 Å². The highest BCUT2D eigenvalue weighted by Gasteiger charge is 2.22. The normalized spacial score (nSPS) is 17.3. The van der Waals surface area contributed by atoms with Gasteiger partial charge in [0.15, 0.2) is 0 Å². The van der Waals surface area contributed by atoms with E-state index < -0.39 is 0 Å². The van der Waals surface area contributed by atoms with Crippen molar-refractivity contribution in [1.29, 1.82) is 0 Å². The van der Waals surface area contributed by atoms with Crippen LogP contribution in [0.25, 0.3) is 0 Å². The predicted molar refractivity (Wildman–Crippen MR) is 74.7 cm³/mol. The van der Waals surface area contributed by atoms with Crippen LogP contribution in [-0.2, 0) is 4.79 Å². The molecule has 0 radical (unpaired) electrons. The van der Waals surface area contributed by atoms with Crippen molar-refractivity contribution in [2.24, 2.45) is 11.7 Å². The van der Waals surface area contributed by atoms with E-state index in [1.807, 2.05) is 24.3 Å². The number of amides is 1. The molecule has 0 atom stereocenters. The largest absolute Gasteiger partial charge is 0.490 e. The Morgan fingerprint density at radius 2 is 2.00 bits per heavy atom. The first kappa shape index (κ1) is 13.7. The maximum atomic E-state index is 11.1. The molecule has 19 heavy (non-hydrogen) atoms. The molecular weight excluding hydrogens is 242 g/mol. The fourth-order valence-corrected chi connectivity index (χ4v) is 2.34. The van der Waals surface area contributed by atoms with Gasteiger partial charge in [0, 0.05) is 12.5 Å². The van der Waals surface area contributed by atoms with E-state index >= 15 is 0 Å². The van der Waals surface area contributed by atoms with Crippen LogP contribution in [0.15, 0.2) is 24.3 Å². The van der Waals surface area contributed by atoms with Gasteiger partial charge >= 0.3 is 0 Å². The summed E-state index contributed by atoms with van der Waals surface area (Å²) < 4.78 is 5.66. The van der Waals surface area contributed by atoms with Crippen LogP contribution in [0.5, 0.6) is 5.75 Å². The topological polar surface area (TPSA) is 81.6 Å². The summed E-state index contributed by atoms with van der Waals surface area (Å²) in [5.41, 5.74) is 11.8. The standard InChI is InChI=1S/C14H21N3O2/c15-12-3-1-2-4-13(12)19-10-9-17-7-5-11(6-8-17)14(16)18/h1-4,11H,5-10,15H2,(H2,16,18). The quantitative estimate of drug-likeness (QED) is 0.771.